The Bertz CT molecular complexity index is 1180. The lowest BCUT2D eigenvalue weighted by atomic mass is 10.2. The largest absolute Gasteiger partial charge is 0.508 e. The molecule has 0 spiro atoms. The van der Waals surface area contributed by atoms with Crippen molar-refractivity contribution in [2.24, 2.45) is 5.10 Å². The Morgan fingerprint density at radius 3 is 2.44 bits per heavy atom. The van der Waals surface area contributed by atoms with E-state index in [2.05, 4.69) is 10.5 Å². The maximum Gasteiger partial charge on any atom is 0.255 e. The Labute approximate surface area is 186 Å². The standard InChI is InChI=1S/C23H23N3O5S/c1-31-21-10-12-22(13-11-21)32(29,30)26(16-18-6-3-2-4-7-18)17-23(28)25-24-15-19-8-5-9-20(27)14-19/h2-15,27H,16-17H2,1H3,(H,25,28)/b24-15+. The van der Waals surface area contributed by atoms with Gasteiger partial charge in [0.2, 0.25) is 10.0 Å². The molecule has 0 saturated carbocycles. The molecule has 0 radical (unpaired) electrons. The molecular formula is C23H23N3O5S. The number of amides is 1. The molecule has 9 heteroatoms. The molecule has 0 bridgehead atoms. The van der Waals surface area contributed by atoms with Crippen LogP contribution in [0.1, 0.15) is 11.1 Å². The lowest BCUT2D eigenvalue weighted by Gasteiger charge is -2.21. The summed E-state index contributed by atoms with van der Waals surface area (Å²) >= 11 is 0. The van der Waals surface area contributed by atoms with E-state index >= 15 is 0 Å². The lowest BCUT2D eigenvalue weighted by Crippen LogP contribution is -2.39. The topological polar surface area (TPSA) is 108 Å². The number of ether oxygens (including phenoxy) is 1. The highest BCUT2D eigenvalue weighted by Gasteiger charge is 2.27. The highest BCUT2D eigenvalue weighted by molar-refractivity contribution is 7.89. The van der Waals surface area contributed by atoms with E-state index in [1.165, 1.54) is 37.6 Å². The number of benzene rings is 3. The molecule has 0 fully saturated rings. The van der Waals surface area contributed by atoms with Gasteiger partial charge in [-0.3, -0.25) is 4.79 Å². The molecule has 166 valence electrons. The maximum atomic E-state index is 13.2. The summed E-state index contributed by atoms with van der Waals surface area (Å²) in [5, 5.41) is 13.3. The summed E-state index contributed by atoms with van der Waals surface area (Å²) in [5.74, 6) is -0.00749. The summed E-state index contributed by atoms with van der Waals surface area (Å²) in [4.78, 5) is 12.5. The number of carbonyl (C=O) groups is 1. The smallest absolute Gasteiger partial charge is 0.255 e. The minimum atomic E-state index is -3.97. The molecule has 0 aromatic heterocycles. The van der Waals surface area contributed by atoms with Gasteiger partial charge in [0.25, 0.3) is 5.91 Å². The Kier molecular flexibility index (Phi) is 7.58. The minimum Gasteiger partial charge on any atom is -0.508 e. The van der Waals surface area contributed by atoms with Crippen LogP contribution < -0.4 is 10.2 Å². The second-order valence-electron chi connectivity index (χ2n) is 6.82. The number of hydrogen-bond acceptors (Lipinski definition) is 6. The number of hydrogen-bond donors (Lipinski definition) is 2. The normalized spacial score (nSPS) is 11.6. The van der Waals surface area contributed by atoms with Crippen molar-refractivity contribution in [3.8, 4) is 11.5 Å². The number of sulfonamides is 1. The van der Waals surface area contributed by atoms with Crippen LogP contribution in [0.3, 0.4) is 0 Å². The molecule has 0 aliphatic heterocycles. The van der Waals surface area contributed by atoms with E-state index in [1.54, 1.807) is 48.5 Å². The molecule has 0 unspecified atom stereocenters. The third-order valence-corrected chi connectivity index (χ3v) is 6.30. The summed E-state index contributed by atoms with van der Waals surface area (Å²) in [6, 6.07) is 21.3. The molecule has 3 aromatic rings. The number of hydrazone groups is 1. The monoisotopic (exact) mass is 453 g/mol. The number of aromatic hydroxyl groups is 1. The molecule has 32 heavy (non-hydrogen) atoms. The zero-order valence-corrected chi connectivity index (χ0v) is 18.2. The molecule has 0 atom stereocenters. The molecular weight excluding hydrogens is 430 g/mol. The quantitative estimate of drug-likeness (QED) is 0.383. The lowest BCUT2D eigenvalue weighted by molar-refractivity contribution is -0.121. The van der Waals surface area contributed by atoms with Gasteiger partial charge in [-0.15, -0.1) is 0 Å². The molecule has 2 N–H and O–H groups in total. The van der Waals surface area contributed by atoms with Gasteiger partial charge in [0.05, 0.1) is 24.8 Å². The van der Waals surface area contributed by atoms with E-state index in [1.807, 2.05) is 6.07 Å². The van der Waals surface area contributed by atoms with E-state index in [0.717, 1.165) is 9.87 Å². The Hall–Kier alpha value is -3.69. The van der Waals surface area contributed by atoms with Crippen LogP contribution in [0.15, 0.2) is 88.9 Å². The minimum absolute atomic E-state index is 0.0128. The predicted octanol–water partition coefficient (Wildman–Crippen LogP) is 2.74. The molecule has 0 aliphatic carbocycles. The van der Waals surface area contributed by atoms with Crippen molar-refractivity contribution in [2.45, 2.75) is 11.4 Å². The average Bonchev–Trinajstić information content (AvgIpc) is 2.79. The fourth-order valence-electron chi connectivity index (χ4n) is 2.89. The summed E-state index contributed by atoms with van der Waals surface area (Å²) in [6.07, 6.45) is 1.36. The summed E-state index contributed by atoms with van der Waals surface area (Å²) in [6.45, 7) is -0.417. The molecule has 0 heterocycles. The number of nitrogens with one attached hydrogen (secondary N) is 1. The molecule has 3 rings (SSSR count). The Morgan fingerprint density at radius 1 is 1.06 bits per heavy atom. The van der Waals surface area contributed by atoms with Gasteiger partial charge in [-0.1, -0.05) is 42.5 Å². The van der Waals surface area contributed by atoms with E-state index < -0.39 is 22.5 Å². The number of carbonyl (C=O) groups excluding carboxylic acids is 1. The van der Waals surface area contributed by atoms with Crippen LogP contribution >= 0.6 is 0 Å². The van der Waals surface area contributed by atoms with Crippen LogP contribution in [0.4, 0.5) is 0 Å². The zero-order chi connectivity index (χ0) is 23.0. The zero-order valence-electron chi connectivity index (χ0n) is 17.4. The summed E-state index contributed by atoms with van der Waals surface area (Å²) in [7, 11) is -2.48. The molecule has 0 saturated heterocycles. The van der Waals surface area contributed by atoms with Crippen LogP contribution in [0, 0.1) is 0 Å². The first-order chi connectivity index (χ1) is 15.4. The SMILES string of the molecule is COc1ccc(S(=O)(=O)N(CC(=O)N/N=C/c2cccc(O)c2)Cc2ccccc2)cc1. The fourth-order valence-corrected chi connectivity index (χ4v) is 4.27. The highest BCUT2D eigenvalue weighted by Crippen LogP contribution is 2.21. The summed E-state index contributed by atoms with van der Waals surface area (Å²) in [5.41, 5.74) is 3.65. The first kappa shape index (κ1) is 23.0. The third kappa shape index (κ3) is 6.16. The van der Waals surface area contributed by atoms with Crippen molar-refractivity contribution < 1.29 is 23.1 Å². The van der Waals surface area contributed by atoms with Crippen LogP contribution in [-0.4, -0.2) is 43.6 Å². The second kappa shape index (κ2) is 10.6. The Balaban J connectivity index is 1.78. The second-order valence-corrected chi connectivity index (χ2v) is 8.76. The van der Waals surface area contributed by atoms with Crippen molar-refractivity contribution >= 4 is 22.1 Å². The number of phenolic OH excluding ortho intramolecular Hbond substituents is 1. The molecule has 1 amide bonds. The van der Waals surface area contributed by atoms with Gasteiger partial charge in [0.1, 0.15) is 11.5 Å². The third-order valence-electron chi connectivity index (χ3n) is 4.49. The molecule has 0 aliphatic rings. The van der Waals surface area contributed by atoms with E-state index in [0.29, 0.717) is 11.3 Å². The van der Waals surface area contributed by atoms with Gasteiger partial charge >= 0.3 is 0 Å². The van der Waals surface area contributed by atoms with Gasteiger partial charge in [-0.05, 0) is 47.5 Å². The first-order valence-corrected chi connectivity index (χ1v) is 11.1. The maximum absolute atomic E-state index is 13.2. The van der Waals surface area contributed by atoms with Gasteiger partial charge in [-0.2, -0.15) is 9.41 Å². The number of rotatable bonds is 9. The predicted molar refractivity (Wildman–Crippen MR) is 121 cm³/mol. The molecule has 3 aromatic carbocycles. The van der Waals surface area contributed by atoms with Gasteiger partial charge in [0, 0.05) is 6.54 Å². The van der Waals surface area contributed by atoms with Crippen LogP contribution in [0.25, 0.3) is 0 Å². The number of methoxy groups -OCH3 is 1. The van der Waals surface area contributed by atoms with Gasteiger partial charge in [0.15, 0.2) is 0 Å². The number of phenols is 1. The van der Waals surface area contributed by atoms with Gasteiger partial charge < -0.3 is 9.84 Å². The van der Waals surface area contributed by atoms with Crippen molar-refractivity contribution in [3.63, 3.8) is 0 Å². The van der Waals surface area contributed by atoms with Crippen LogP contribution in [0.2, 0.25) is 0 Å². The Morgan fingerprint density at radius 2 is 1.78 bits per heavy atom. The van der Waals surface area contributed by atoms with Crippen molar-refractivity contribution in [2.75, 3.05) is 13.7 Å². The van der Waals surface area contributed by atoms with Gasteiger partial charge in [-0.25, -0.2) is 13.8 Å². The van der Waals surface area contributed by atoms with Crippen LogP contribution in [-0.2, 0) is 21.4 Å². The van der Waals surface area contributed by atoms with E-state index in [4.69, 9.17) is 4.74 Å². The average molecular weight is 454 g/mol. The van der Waals surface area contributed by atoms with Crippen molar-refractivity contribution in [3.05, 3.63) is 90.0 Å². The fraction of sp³-hybridized carbons (Fsp3) is 0.130. The van der Waals surface area contributed by atoms with E-state index in [9.17, 15) is 18.3 Å². The summed E-state index contributed by atoms with van der Waals surface area (Å²) < 4.78 is 32.7. The van der Waals surface area contributed by atoms with Crippen molar-refractivity contribution in [1.82, 2.24) is 9.73 Å². The van der Waals surface area contributed by atoms with E-state index in [-0.39, 0.29) is 17.2 Å². The first-order valence-electron chi connectivity index (χ1n) is 9.67. The number of nitrogens with zero attached hydrogens (tertiary/aromatic N) is 2. The van der Waals surface area contributed by atoms with Crippen LogP contribution in [0.5, 0.6) is 11.5 Å². The molecule has 8 nitrogen and oxygen atoms in total. The highest BCUT2D eigenvalue weighted by atomic mass is 32.2. The van der Waals surface area contributed by atoms with Crippen molar-refractivity contribution in [1.29, 1.82) is 0 Å².